The second kappa shape index (κ2) is 10.7. The van der Waals surface area contributed by atoms with Crippen LogP contribution in [0.25, 0.3) is 78.6 Å². The number of hydrogen-bond acceptors (Lipinski definition) is 3. The molecule has 46 heavy (non-hydrogen) atoms. The van der Waals surface area contributed by atoms with Crippen LogP contribution in [0.15, 0.2) is 164 Å². The van der Waals surface area contributed by atoms with Gasteiger partial charge in [0.15, 0.2) is 5.82 Å². The average molecular weight is 590 g/mol. The Labute approximate surface area is 265 Å². The maximum absolute atomic E-state index is 5.03. The lowest BCUT2D eigenvalue weighted by Gasteiger charge is -2.11. The summed E-state index contributed by atoms with van der Waals surface area (Å²) in [4.78, 5) is 15.0. The topological polar surface area (TPSA) is 48.0 Å². The molecule has 0 atom stereocenters. The molecule has 0 aliphatic heterocycles. The number of benzene rings is 6. The summed E-state index contributed by atoms with van der Waals surface area (Å²) in [5, 5.41) is 0. The zero-order valence-corrected chi connectivity index (χ0v) is 24.8. The fourth-order valence-electron chi connectivity index (χ4n) is 6.33. The van der Waals surface area contributed by atoms with Crippen molar-refractivity contribution in [3.05, 3.63) is 164 Å². The van der Waals surface area contributed by atoms with E-state index < -0.39 is 0 Å². The molecule has 0 saturated carbocycles. The fourth-order valence-corrected chi connectivity index (χ4v) is 6.33. The molecule has 9 rings (SSSR count). The molecule has 0 radical (unpaired) electrons. The molecule has 9 aromatic rings. The number of rotatable bonds is 5. The van der Waals surface area contributed by atoms with E-state index in [0.717, 1.165) is 72.7 Å². The molecule has 5 nitrogen and oxygen atoms in total. The molecule has 0 saturated heterocycles. The smallest absolute Gasteiger partial charge is 0.220 e. The van der Waals surface area contributed by atoms with Crippen LogP contribution in [0, 0.1) is 0 Å². The Morgan fingerprint density at radius 1 is 0.370 bits per heavy atom. The molecule has 5 heteroatoms. The second-order valence-electron chi connectivity index (χ2n) is 11.4. The molecule has 3 aromatic heterocycles. The number of aromatic nitrogens is 5. The summed E-state index contributed by atoms with van der Waals surface area (Å²) in [5.41, 5.74) is 12.6. The van der Waals surface area contributed by atoms with Crippen LogP contribution >= 0.6 is 0 Å². The molecule has 216 valence electrons. The number of nitrogens with zero attached hydrogens (tertiary/aromatic N) is 5. The molecule has 0 unspecified atom stereocenters. The van der Waals surface area contributed by atoms with Crippen molar-refractivity contribution >= 4 is 27.8 Å². The molecular formula is C41H27N5. The Balaban J connectivity index is 1.13. The Bertz CT molecular complexity index is 2450. The van der Waals surface area contributed by atoms with E-state index in [1.54, 1.807) is 0 Å². The van der Waals surface area contributed by atoms with Gasteiger partial charge in [-0.3, -0.25) is 8.97 Å². The predicted octanol–water partition coefficient (Wildman–Crippen LogP) is 9.89. The minimum atomic E-state index is 0.712. The number of para-hydroxylation sites is 4. The van der Waals surface area contributed by atoms with Crippen molar-refractivity contribution < 1.29 is 0 Å². The zero-order valence-electron chi connectivity index (χ0n) is 24.8. The van der Waals surface area contributed by atoms with Gasteiger partial charge in [-0.25, -0.2) is 15.0 Å². The van der Waals surface area contributed by atoms with Crippen LogP contribution in [0.2, 0.25) is 0 Å². The molecule has 0 N–H and O–H groups in total. The minimum Gasteiger partial charge on any atom is -0.278 e. The Hall–Kier alpha value is -6.33. The lowest BCUT2D eigenvalue weighted by Crippen LogP contribution is -1.96. The molecule has 0 spiro atoms. The van der Waals surface area contributed by atoms with Gasteiger partial charge in [0, 0.05) is 22.4 Å². The summed E-state index contributed by atoms with van der Waals surface area (Å²) in [5.74, 6) is 1.62. The summed E-state index contributed by atoms with van der Waals surface area (Å²) >= 11 is 0. The molecule has 0 fully saturated rings. The highest BCUT2D eigenvalue weighted by Crippen LogP contribution is 2.32. The average Bonchev–Trinajstić information content (AvgIpc) is 3.67. The maximum atomic E-state index is 5.03. The van der Waals surface area contributed by atoms with Crippen molar-refractivity contribution in [2.75, 3.05) is 0 Å². The van der Waals surface area contributed by atoms with Gasteiger partial charge in [-0.1, -0.05) is 115 Å². The first kappa shape index (κ1) is 26.1. The molecular weight excluding hydrogens is 562 g/mol. The van der Waals surface area contributed by atoms with E-state index in [1.807, 2.05) is 42.5 Å². The third kappa shape index (κ3) is 4.37. The second-order valence-corrected chi connectivity index (χ2v) is 11.4. The van der Waals surface area contributed by atoms with Gasteiger partial charge in [-0.15, -0.1) is 0 Å². The Morgan fingerprint density at radius 3 is 1.72 bits per heavy atom. The number of fused-ring (bicyclic) bond motifs is 5. The summed E-state index contributed by atoms with van der Waals surface area (Å²) in [7, 11) is 0. The number of imidazole rings is 2. The van der Waals surface area contributed by atoms with Crippen LogP contribution in [0.4, 0.5) is 0 Å². The molecule has 0 amide bonds. The van der Waals surface area contributed by atoms with Crippen molar-refractivity contribution in [3.63, 3.8) is 0 Å². The summed E-state index contributed by atoms with van der Waals surface area (Å²) in [6.45, 7) is 0. The van der Waals surface area contributed by atoms with Gasteiger partial charge in [-0.2, -0.15) is 0 Å². The van der Waals surface area contributed by atoms with Gasteiger partial charge in [0.1, 0.15) is 0 Å². The Kier molecular flexibility index (Phi) is 6.06. The fraction of sp³-hybridized carbons (Fsp3) is 0. The standard InChI is InChI=1S/C41H27N5/c1-3-12-29(13-4-1)35-27-36(43-40(42-35)30-14-5-2-6-15-30)32-17-11-16-31(26-32)28-22-24-33(25-23-28)45-38-20-9-10-21-39(38)46-37-19-8-7-18-34(37)44-41(45)46/h1-27H. The van der Waals surface area contributed by atoms with Gasteiger partial charge in [0.05, 0.1) is 33.5 Å². The molecule has 6 aromatic carbocycles. The lowest BCUT2D eigenvalue weighted by molar-refractivity contribution is 1.11. The van der Waals surface area contributed by atoms with Crippen LogP contribution in [-0.2, 0) is 0 Å². The van der Waals surface area contributed by atoms with E-state index in [1.165, 1.54) is 0 Å². The van der Waals surface area contributed by atoms with Crippen LogP contribution < -0.4 is 0 Å². The van der Waals surface area contributed by atoms with Crippen molar-refractivity contribution in [2.24, 2.45) is 0 Å². The molecule has 3 heterocycles. The van der Waals surface area contributed by atoms with E-state index in [9.17, 15) is 0 Å². The minimum absolute atomic E-state index is 0.712. The van der Waals surface area contributed by atoms with Gasteiger partial charge in [0.25, 0.3) is 0 Å². The van der Waals surface area contributed by atoms with E-state index in [4.69, 9.17) is 15.0 Å². The van der Waals surface area contributed by atoms with E-state index in [0.29, 0.717) is 5.82 Å². The molecule has 0 aliphatic carbocycles. The summed E-state index contributed by atoms with van der Waals surface area (Å²) in [6.07, 6.45) is 0. The highest BCUT2D eigenvalue weighted by molar-refractivity contribution is 5.92. The van der Waals surface area contributed by atoms with Crippen molar-refractivity contribution in [1.29, 1.82) is 0 Å². The Morgan fingerprint density at radius 2 is 0.957 bits per heavy atom. The third-order valence-corrected chi connectivity index (χ3v) is 8.55. The van der Waals surface area contributed by atoms with Crippen molar-refractivity contribution in [1.82, 2.24) is 23.9 Å². The predicted molar refractivity (Wildman–Crippen MR) is 187 cm³/mol. The highest BCUT2D eigenvalue weighted by atomic mass is 15.2. The van der Waals surface area contributed by atoms with Crippen molar-refractivity contribution in [2.45, 2.75) is 0 Å². The van der Waals surface area contributed by atoms with Gasteiger partial charge in [-0.05, 0) is 59.7 Å². The first-order chi connectivity index (χ1) is 22.8. The first-order valence-corrected chi connectivity index (χ1v) is 15.4. The highest BCUT2D eigenvalue weighted by Gasteiger charge is 2.17. The van der Waals surface area contributed by atoms with Crippen LogP contribution in [0.3, 0.4) is 0 Å². The quantitative estimate of drug-likeness (QED) is 0.201. The normalized spacial score (nSPS) is 11.5. The van der Waals surface area contributed by atoms with E-state index >= 15 is 0 Å². The third-order valence-electron chi connectivity index (χ3n) is 8.55. The SMILES string of the molecule is c1ccc(-c2cc(-c3cccc(-c4ccc(-n5c6ccccc6n6c7ccccc7nc56)cc4)c3)nc(-c3ccccc3)n2)cc1. The van der Waals surface area contributed by atoms with Gasteiger partial charge in [0.2, 0.25) is 5.78 Å². The monoisotopic (exact) mass is 589 g/mol. The van der Waals surface area contributed by atoms with Crippen molar-refractivity contribution in [3.8, 4) is 50.7 Å². The van der Waals surface area contributed by atoms with Crippen LogP contribution in [-0.4, -0.2) is 23.9 Å². The maximum Gasteiger partial charge on any atom is 0.220 e. The zero-order chi connectivity index (χ0) is 30.5. The molecule has 0 bridgehead atoms. The van der Waals surface area contributed by atoms with Gasteiger partial charge < -0.3 is 0 Å². The summed E-state index contributed by atoms with van der Waals surface area (Å²) in [6, 6.07) is 56.7. The molecule has 0 aliphatic rings. The lowest BCUT2D eigenvalue weighted by atomic mass is 10.0. The van der Waals surface area contributed by atoms with Crippen LogP contribution in [0.1, 0.15) is 0 Å². The van der Waals surface area contributed by atoms with E-state index in [-0.39, 0.29) is 0 Å². The van der Waals surface area contributed by atoms with Gasteiger partial charge >= 0.3 is 0 Å². The van der Waals surface area contributed by atoms with E-state index in [2.05, 4.69) is 130 Å². The largest absolute Gasteiger partial charge is 0.278 e. The number of hydrogen-bond donors (Lipinski definition) is 0. The first-order valence-electron chi connectivity index (χ1n) is 15.4. The van der Waals surface area contributed by atoms with Crippen LogP contribution in [0.5, 0.6) is 0 Å². The summed E-state index contributed by atoms with van der Waals surface area (Å²) < 4.78 is 4.49.